The highest BCUT2D eigenvalue weighted by molar-refractivity contribution is 5.76. The van der Waals surface area contributed by atoms with Crippen molar-refractivity contribution in [2.45, 2.75) is 13.0 Å². The zero-order valence-corrected chi connectivity index (χ0v) is 7.23. The van der Waals surface area contributed by atoms with Gasteiger partial charge >= 0.3 is 0 Å². The zero-order valence-electron chi connectivity index (χ0n) is 7.23. The van der Waals surface area contributed by atoms with E-state index < -0.39 is 0 Å². The standard InChI is InChI=1S/C10H10N2O/c1-2-5-9-8(4-1)11-10-12(9)6-3-7-13-10/h1-2,4-5H,3,6-7H2. The Morgan fingerprint density at radius 3 is 3.23 bits per heavy atom. The summed E-state index contributed by atoms with van der Waals surface area (Å²) in [6, 6.07) is 8.91. The van der Waals surface area contributed by atoms with Crippen LogP contribution in [0.1, 0.15) is 6.42 Å². The van der Waals surface area contributed by atoms with Crippen molar-refractivity contribution in [1.29, 1.82) is 0 Å². The van der Waals surface area contributed by atoms with Gasteiger partial charge in [-0.15, -0.1) is 0 Å². The van der Waals surface area contributed by atoms with Crippen LogP contribution in [0.25, 0.3) is 11.0 Å². The van der Waals surface area contributed by atoms with Crippen LogP contribution in [0.4, 0.5) is 0 Å². The third-order valence-corrected chi connectivity index (χ3v) is 2.38. The van der Waals surface area contributed by atoms with Gasteiger partial charge in [-0.1, -0.05) is 12.1 Å². The molecule has 3 heteroatoms. The first-order chi connectivity index (χ1) is 6.45. The summed E-state index contributed by atoms with van der Waals surface area (Å²) in [5.74, 6) is 0. The number of para-hydroxylation sites is 2. The predicted molar refractivity (Wildman–Crippen MR) is 49.8 cm³/mol. The van der Waals surface area contributed by atoms with Crippen molar-refractivity contribution >= 4 is 11.0 Å². The van der Waals surface area contributed by atoms with E-state index in [-0.39, 0.29) is 0 Å². The van der Waals surface area contributed by atoms with Crippen LogP contribution < -0.4 is 4.74 Å². The number of ether oxygens (including phenoxy) is 1. The fourth-order valence-electron chi connectivity index (χ4n) is 1.77. The van der Waals surface area contributed by atoms with Gasteiger partial charge in [-0.2, -0.15) is 4.98 Å². The average Bonchev–Trinajstić information content (AvgIpc) is 2.56. The normalized spacial score (nSPS) is 15.4. The van der Waals surface area contributed by atoms with E-state index in [1.54, 1.807) is 0 Å². The lowest BCUT2D eigenvalue weighted by Crippen LogP contribution is -2.13. The van der Waals surface area contributed by atoms with Crippen molar-refractivity contribution in [2.24, 2.45) is 0 Å². The van der Waals surface area contributed by atoms with Gasteiger partial charge in [0.05, 0.1) is 17.6 Å². The van der Waals surface area contributed by atoms with E-state index in [2.05, 4.69) is 15.6 Å². The molecular formula is C10H10N2O. The SMILES string of the molecule is c1ccc2c(c1)nc1n2CCCO1. The van der Waals surface area contributed by atoms with Crippen molar-refractivity contribution in [3.05, 3.63) is 24.3 Å². The van der Waals surface area contributed by atoms with Gasteiger partial charge < -0.3 is 4.74 Å². The van der Waals surface area contributed by atoms with E-state index in [1.807, 2.05) is 18.2 Å². The second-order valence-corrected chi connectivity index (χ2v) is 3.24. The minimum atomic E-state index is 0.771. The van der Waals surface area contributed by atoms with Crippen LogP contribution in [0, 0.1) is 0 Å². The quantitative estimate of drug-likeness (QED) is 0.609. The number of aryl methyl sites for hydroxylation is 1. The molecule has 13 heavy (non-hydrogen) atoms. The molecule has 1 aliphatic heterocycles. The lowest BCUT2D eigenvalue weighted by atomic mass is 10.3. The van der Waals surface area contributed by atoms with E-state index in [0.717, 1.165) is 31.1 Å². The predicted octanol–water partition coefficient (Wildman–Crippen LogP) is 1.82. The second-order valence-electron chi connectivity index (χ2n) is 3.24. The lowest BCUT2D eigenvalue weighted by Gasteiger charge is -2.14. The molecule has 0 radical (unpaired) electrons. The van der Waals surface area contributed by atoms with Crippen molar-refractivity contribution in [1.82, 2.24) is 9.55 Å². The first-order valence-electron chi connectivity index (χ1n) is 4.53. The summed E-state index contributed by atoms with van der Waals surface area (Å²) in [5.41, 5.74) is 2.21. The molecule has 3 rings (SSSR count). The Labute approximate surface area is 76.0 Å². The lowest BCUT2D eigenvalue weighted by molar-refractivity contribution is 0.234. The number of imidazole rings is 1. The average molecular weight is 174 g/mol. The summed E-state index contributed by atoms with van der Waals surface area (Å²) in [4.78, 5) is 4.39. The third kappa shape index (κ3) is 0.932. The monoisotopic (exact) mass is 174 g/mol. The molecule has 0 saturated heterocycles. The summed E-state index contributed by atoms with van der Waals surface area (Å²) < 4.78 is 7.60. The molecule has 0 bridgehead atoms. The topological polar surface area (TPSA) is 27.1 Å². The number of benzene rings is 1. The van der Waals surface area contributed by atoms with E-state index in [1.165, 1.54) is 5.52 Å². The van der Waals surface area contributed by atoms with Crippen molar-refractivity contribution in [3.63, 3.8) is 0 Å². The van der Waals surface area contributed by atoms with E-state index in [0.29, 0.717) is 0 Å². The second kappa shape index (κ2) is 2.49. The van der Waals surface area contributed by atoms with E-state index in [4.69, 9.17) is 4.74 Å². The number of fused-ring (bicyclic) bond motifs is 3. The molecule has 3 nitrogen and oxygen atoms in total. The molecule has 0 N–H and O–H groups in total. The van der Waals surface area contributed by atoms with Crippen molar-refractivity contribution in [2.75, 3.05) is 6.61 Å². The highest BCUT2D eigenvalue weighted by atomic mass is 16.5. The van der Waals surface area contributed by atoms with Crippen LogP contribution in [0.15, 0.2) is 24.3 Å². The summed E-state index contributed by atoms with van der Waals surface area (Å²) >= 11 is 0. The molecule has 0 saturated carbocycles. The molecule has 0 spiro atoms. The molecule has 2 heterocycles. The van der Waals surface area contributed by atoms with Crippen LogP contribution in [0.2, 0.25) is 0 Å². The van der Waals surface area contributed by atoms with Gasteiger partial charge in [0, 0.05) is 6.54 Å². The van der Waals surface area contributed by atoms with Crippen molar-refractivity contribution in [3.8, 4) is 6.01 Å². The molecule has 1 aliphatic rings. The highest BCUT2D eigenvalue weighted by Crippen LogP contribution is 2.23. The maximum absolute atomic E-state index is 5.46. The molecule has 0 aliphatic carbocycles. The Kier molecular flexibility index (Phi) is 1.33. The molecule has 2 aromatic rings. The molecule has 1 aromatic heterocycles. The molecule has 1 aromatic carbocycles. The van der Waals surface area contributed by atoms with Crippen LogP contribution in [0.3, 0.4) is 0 Å². The number of hydrogen-bond acceptors (Lipinski definition) is 2. The maximum atomic E-state index is 5.46. The van der Waals surface area contributed by atoms with Crippen LogP contribution >= 0.6 is 0 Å². The molecular weight excluding hydrogens is 164 g/mol. The van der Waals surface area contributed by atoms with Gasteiger partial charge in [-0.05, 0) is 18.6 Å². The van der Waals surface area contributed by atoms with Gasteiger partial charge in [0.1, 0.15) is 0 Å². The Hall–Kier alpha value is -1.51. The minimum Gasteiger partial charge on any atom is -0.465 e. The molecule has 0 unspecified atom stereocenters. The Morgan fingerprint density at radius 1 is 1.31 bits per heavy atom. The number of nitrogens with zero attached hydrogens (tertiary/aromatic N) is 2. The highest BCUT2D eigenvalue weighted by Gasteiger charge is 2.14. The van der Waals surface area contributed by atoms with Crippen LogP contribution in [-0.4, -0.2) is 16.2 Å². The van der Waals surface area contributed by atoms with Gasteiger partial charge in [0.15, 0.2) is 0 Å². The molecule has 66 valence electrons. The molecule has 0 amide bonds. The van der Waals surface area contributed by atoms with Gasteiger partial charge in [0.2, 0.25) is 0 Å². The Morgan fingerprint density at radius 2 is 2.23 bits per heavy atom. The van der Waals surface area contributed by atoms with Gasteiger partial charge in [-0.25, -0.2) is 0 Å². The third-order valence-electron chi connectivity index (χ3n) is 2.38. The number of hydrogen-bond donors (Lipinski definition) is 0. The van der Waals surface area contributed by atoms with E-state index >= 15 is 0 Å². The largest absolute Gasteiger partial charge is 0.465 e. The fraction of sp³-hybridized carbons (Fsp3) is 0.300. The Bertz CT molecular complexity index is 447. The zero-order chi connectivity index (χ0) is 8.67. The van der Waals surface area contributed by atoms with Gasteiger partial charge in [-0.3, -0.25) is 4.57 Å². The number of aromatic nitrogens is 2. The number of rotatable bonds is 0. The summed E-state index contributed by atoms with van der Waals surface area (Å²) in [6.07, 6.45) is 1.08. The summed E-state index contributed by atoms with van der Waals surface area (Å²) in [7, 11) is 0. The van der Waals surface area contributed by atoms with Gasteiger partial charge in [0.25, 0.3) is 6.01 Å². The fourth-order valence-corrected chi connectivity index (χ4v) is 1.77. The minimum absolute atomic E-state index is 0.771. The summed E-state index contributed by atoms with van der Waals surface area (Å²) in [6.45, 7) is 1.82. The maximum Gasteiger partial charge on any atom is 0.297 e. The first kappa shape index (κ1) is 6.95. The molecule has 0 atom stereocenters. The molecule has 0 fully saturated rings. The Balaban J connectivity index is 2.34. The summed E-state index contributed by atoms with van der Waals surface area (Å²) in [5, 5.41) is 0. The van der Waals surface area contributed by atoms with E-state index in [9.17, 15) is 0 Å². The van der Waals surface area contributed by atoms with Crippen LogP contribution in [-0.2, 0) is 6.54 Å². The van der Waals surface area contributed by atoms with Crippen LogP contribution in [0.5, 0.6) is 6.01 Å². The smallest absolute Gasteiger partial charge is 0.297 e. The van der Waals surface area contributed by atoms with Crippen molar-refractivity contribution < 1.29 is 4.74 Å². The first-order valence-corrected chi connectivity index (χ1v) is 4.53.